The number of benzene rings is 2. The van der Waals surface area contributed by atoms with Crippen LogP contribution in [0.1, 0.15) is 16.7 Å². The van der Waals surface area contributed by atoms with Crippen LogP contribution in [0.25, 0.3) is 0 Å². The molecule has 0 fully saturated rings. The summed E-state index contributed by atoms with van der Waals surface area (Å²) in [7, 11) is 1.74. The second-order valence-electron chi connectivity index (χ2n) is 6.39. The summed E-state index contributed by atoms with van der Waals surface area (Å²) in [5.74, 6) is -0.280. The highest BCUT2D eigenvalue weighted by atomic mass is 35.5. The van der Waals surface area contributed by atoms with Crippen molar-refractivity contribution in [2.75, 3.05) is 25.5 Å². The topological polar surface area (TPSA) is 61.4 Å². The van der Waals surface area contributed by atoms with Gasteiger partial charge in [-0.1, -0.05) is 41.9 Å². The van der Waals surface area contributed by atoms with Gasteiger partial charge in [0.15, 0.2) is 0 Å². The summed E-state index contributed by atoms with van der Waals surface area (Å²) in [6.07, 6.45) is 0. The first-order valence-electron chi connectivity index (χ1n) is 8.41. The number of nitrogens with one attached hydrogen (secondary N) is 2. The summed E-state index contributed by atoms with van der Waals surface area (Å²) < 4.78 is 0. The Morgan fingerprint density at radius 3 is 2.15 bits per heavy atom. The summed E-state index contributed by atoms with van der Waals surface area (Å²) in [5, 5.41) is 6.42. The molecule has 0 bridgehead atoms. The molecule has 0 aliphatic carbocycles. The first-order valence-corrected chi connectivity index (χ1v) is 8.78. The average Bonchev–Trinajstić information content (AvgIpc) is 2.57. The molecular weight excluding hydrogens is 350 g/mol. The molecule has 0 aliphatic heterocycles. The lowest BCUT2D eigenvalue weighted by Gasteiger charge is -2.17. The number of aryl methyl sites for hydroxylation is 2. The van der Waals surface area contributed by atoms with Gasteiger partial charge in [-0.05, 0) is 49.7 Å². The number of para-hydroxylation sites is 1. The van der Waals surface area contributed by atoms with Crippen molar-refractivity contribution in [3.05, 3.63) is 64.2 Å². The lowest BCUT2D eigenvalue weighted by molar-refractivity contribution is -0.123. The summed E-state index contributed by atoms with van der Waals surface area (Å²) in [6, 6.07) is 13.2. The molecule has 0 spiro atoms. The number of nitrogens with zero attached hydrogens (tertiary/aromatic N) is 1. The maximum absolute atomic E-state index is 12.2. The van der Waals surface area contributed by atoms with Crippen LogP contribution in [0.3, 0.4) is 0 Å². The van der Waals surface area contributed by atoms with Crippen LogP contribution in [0.2, 0.25) is 5.02 Å². The van der Waals surface area contributed by atoms with Gasteiger partial charge < -0.3 is 10.6 Å². The van der Waals surface area contributed by atoms with Crippen LogP contribution >= 0.6 is 11.6 Å². The van der Waals surface area contributed by atoms with E-state index in [1.807, 2.05) is 44.2 Å². The fraction of sp³-hybridized carbons (Fsp3) is 0.300. The van der Waals surface area contributed by atoms with Gasteiger partial charge in [-0.2, -0.15) is 0 Å². The van der Waals surface area contributed by atoms with Crippen LogP contribution in [0.5, 0.6) is 0 Å². The van der Waals surface area contributed by atoms with Crippen LogP contribution in [0, 0.1) is 13.8 Å². The molecule has 2 amide bonds. The molecule has 0 aromatic heterocycles. The fourth-order valence-electron chi connectivity index (χ4n) is 2.60. The standard InChI is InChI=1S/C20H24ClN3O2/c1-14-5-4-6-15(2)20(14)23-19(26)13-24(3)12-18(25)22-11-16-7-9-17(21)10-8-16/h4-10H,11-13H2,1-3H3,(H,22,25)(H,23,26). The van der Waals surface area contributed by atoms with E-state index in [0.29, 0.717) is 11.6 Å². The van der Waals surface area contributed by atoms with Gasteiger partial charge in [0.1, 0.15) is 0 Å². The van der Waals surface area contributed by atoms with E-state index in [9.17, 15) is 9.59 Å². The minimum Gasteiger partial charge on any atom is -0.351 e. The number of carbonyl (C=O) groups excluding carboxylic acids is 2. The van der Waals surface area contributed by atoms with Crippen molar-refractivity contribution in [3.63, 3.8) is 0 Å². The van der Waals surface area contributed by atoms with Crippen molar-refractivity contribution in [3.8, 4) is 0 Å². The first kappa shape index (κ1) is 19.9. The highest BCUT2D eigenvalue weighted by Crippen LogP contribution is 2.19. The summed E-state index contributed by atoms with van der Waals surface area (Å²) >= 11 is 5.84. The van der Waals surface area contributed by atoms with Crippen LogP contribution in [-0.2, 0) is 16.1 Å². The maximum atomic E-state index is 12.2. The lowest BCUT2D eigenvalue weighted by atomic mass is 10.1. The minimum absolute atomic E-state index is 0.137. The minimum atomic E-state index is -0.143. The van der Waals surface area contributed by atoms with Crippen LogP contribution in [0.4, 0.5) is 5.69 Å². The fourth-order valence-corrected chi connectivity index (χ4v) is 2.72. The molecule has 138 valence electrons. The van der Waals surface area contributed by atoms with Gasteiger partial charge in [-0.3, -0.25) is 14.5 Å². The van der Waals surface area contributed by atoms with E-state index in [0.717, 1.165) is 22.4 Å². The Labute approximate surface area is 159 Å². The Morgan fingerprint density at radius 2 is 1.54 bits per heavy atom. The monoisotopic (exact) mass is 373 g/mol. The van der Waals surface area contributed by atoms with Crippen LogP contribution in [-0.4, -0.2) is 36.9 Å². The molecule has 26 heavy (non-hydrogen) atoms. The van der Waals surface area contributed by atoms with Crippen LogP contribution in [0.15, 0.2) is 42.5 Å². The predicted molar refractivity (Wildman–Crippen MR) is 105 cm³/mol. The van der Waals surface area contributed by atoms with Gasteiger partial charge in [0.25, 0.3) is 0 Å². The number of rotatable bonds is 7. The Kier molecular flexibility index (Phi) is 7.18. The smallest absolute Gasteiger partial charge is 0.238 e. The normalized spacial score (nSPS) is 10.7. The average molecular weight is 374 g/mol. The van der Waals surface area contributed by atoms with E-state index in [1.165, 1.54) is 0 Å². The van der Waals surface area contributed by atoms with E-state index in [4.69, 9.17) is 11.6 Å². The summed E-state index contributed by atoms with van der Waals surface area (Å²) in [5.41, 5.74) is 3.83. The van der Waals surface area contributed by atoms with E-state index in [1.54, 1.807) is 24.1 Å². The maximum Gasteiger partial charge on any atom is 0.238 e. The lowest BCUT2D eigenvalue weighted by Crippen LogP contribution is -2.38. The molecule has 0 aliphatic rings. The van der Waals surface area contributed by atoms with E-state index in [-0.39, 0.29) is 24.9 Å². The molecule has 2 N–H and O–H groups in total. The molecule has 0 saturated heterocycles. The third-order valence-corrected chi connectivity index (χ3v) is 4.23. The van der Waals surface area contributed by atoms with Crippen molar-refractivity contribution in [2.45, 2.75) is 20.4 Å². The van der Waals surface area contributed by atoms with Gasteiger partial charge in [0.2, 0.25) is 11.8 Å². The quantitative estimate of drug-likeness (QED) is 0.783. The van der Waals surface area contributed by atoms with Crippen LogP contribution < -0.4 is 10.6 Å². The van der Waals surface area contributed by atoms with Gasteiger partial charge in [0.05, 0.1) is 13.1 Å². The molecule has 0 atom stereocenters. The largest absolute Gasteiger partial charge is 0.351 e. The highest BCUT2D eigenvalue weighted by molar-refractivity contribution is 6.30. The Bertz CT molecular complexity index is 755. The molecule has 0 unspecified atom stereocenters. The first-order chi connectivity index (χ1) is 12.3. The second-order valence-corrected chi connectivity index (χ2v) is 6.83. The number of hydrogen-bond acceptors (Lipinski definition) is 3. The van der Waals surface area contributed by atoms with E-state index in [2.05, 4.69) is 10.6 Å². The molecule has 6 heteroatoms. The molecule has 0 saturated carbocycles. The second kappa shape index (κ2) is 9.36. The Balaban J connectivity index is 1.78. The summed E-state index contributed by atoms with van der Waals surface area (Å²) in [4.78, 5) is 25.9. The molecule has 0 heterocycles. The number of hydrogen-bond donors (Lipinski definition) is 2. The Hall–Kier alpha value is -2.37. The number of halogens is 1. The zero-order valence-electron chi connectivity index (χ0n) is 15.3. The SMILES string of the molecule is Cc1cccc(C)c1NC(=O)CN(C)CC(=O)NCc1ccc(Cl)cc1. The molecular formula is C20H24ClN3O2. The molecule has 2 aromatic rings. The molecule has 5 nitrogen and oxygen atoms in total. The highest BCUT2D eigenvalue weighted by Gasteiger charge is 2.12. The van der Waals surface area contributed by atoms with Gasteiger partial charge >= 0.3 is 0 Å². The zero-order valence-corrected chi connectivity index (χ0v) is 16.1. The van der Waals surface area contributed by atoms with E-state index < -0.39 is 0 Å². The number of carbonyl (C=O) groups is 2. The summed E-state index contributed by atoms with van der Waals surface area (Å²) in [6.45, 7) is 4.63. The third kappa shape index (κ3) is 6.17. The molecule has 2 aromatic carbocycles. The van der Waals surface area contributed by atoms with Gasteiger partial charge in [-0.25, -0.2) is 0 Å². The predicted octanol–water partition coefficient (Wildman–Crippen LogP) is 3.14. The third-order valence-electron chi connectivity index (χ3n) is 3.98. The van der Waals surface area contributed by atoms with Crippen molar-refractivity contribution in [1.82, 2.24) is 10.2 Å². The number of amides is 2. The van der Waals surface area contributed by atoms with E-state index >= 15 is 0 Å². The Morgan fingerprint density at radius 1 is 0.962 bits per heavy atom. The molecule has 2 rings (SSSR count). The number of likely N-dealkylation sites (N-methyl/N-ethyl adjacent to an activating group) is 1. The van der Waals surface area contributed by atoms with Crippen molar-refractivity contribution in [2.24, 2.45) is 0 Å². The van der Waals surface area contributed by atoms with Crippen molar-refractivity contribution < 1.29 is 9.59 Å². The van der Waals surface area contributed by atoms with Gasteiger partial charge in [0, 0.05) is 17.3 Å². The van der Waals surface area contributed by atoms with Crippen molar-refractivity contribution in [1.29, 1.82) is 0 Å². The van der Waals surface area contributed by atoms with Gasteiger partial charge in [-0.15, -0.1) is 0 Å². The zero-order chi connectivity index (χ0) is 19.1. The molecule has 0 radical (unpaired) electrons. The van der Waals surface area contributed by atoms with Crippen molar-refractivity contribution >= 4 is 29.1 Å². The number of anilines is 1.